The van der Waals surface area contributed by atoms with E-state index >= 15 is 0 Å². The van der Waals surface area contributed by atoms with Crippen molar-refractivity contribution in [3.63, 3.8) is 0 Å². The molecule has 6 nitrogen and oxygen atoms in total. The Kier molecular flexibility index (Phi) is 17.2. The van der Waals surface area contributed by atoms with E-state index in [0.29, 0.717) is 0 Å². The van der Waals surface area contributed by atoms with Crippen LogP contribution in [0.25, 0.3) is 234 Å². The molecular formula is C118H76N6. The zero-order valence-corrected chi connectivity index (χ0v) is 67.6. The van der Waals surface area contributed by atoms with Crippen molar-refractivity contribution in [2.75, 3.05) is 0 Å². The normalized spacial score (nSPS) is 11.7. The Morgan fingerprint density at radius 2 is 0.419 bits per heavy atom. The molecule has 0 saturated heterocycles. The van der Waals surface area contributed by atoms with Crippen LogP contribution in [0.2, 0.25) is 0 Å². The summed E-state index contributed by atoms with van der Waals surface area (Å²) >= 11 is 0. The summed E-state index contributed by atoms with van der Waals surface area (Å²) in [5, 5.41) is 6.39. The first-order valence-corrected chi connectivity index (χ1v) is 42.5. The lowest BCUT2D eigenvalue weighted by Crippen LogP contribution is -2.00. The van der Waals surface area contributed by atoms with Gasteiger partial charge in [0.1, 0.15) is 0 Å². The van der Waals surface area contributed by atoms with E-state index in [2.05, 4.69) is 455 Å². The van der Waals surface area contributed by atoms with Crippen molar-refractivity contribution in [2.45, 2.75) is 0 Å². The van der Waals surface area contributed by atoms with Crippen LogP contribution in [0.5, 0.6) is 0 Å². The van der Waals surface area contributed by atoms with Crippen molar-refractivity contribution in [3.05, 3.63) is 461 Å². The molecule has 3 aliphatic rings. The minimum Gasteiger partial charge on any atom is -0.309 e. The maximum absolute atomic E-state index is 4.91. The van der Waals surface area contributed by atoms with Crippen LogP contribution in [0.4, 0.5) is 0 Å². The number of para-hydroxylation sites is 3. The third-order valence-electron chi connectivity index (χ3n) is 25.3. The van der Waals surface area contributed by atoms with Crippen molar-refractivity contribution in [1.82, 2.24) is 28.2 Å². The molecule has 0 radical (unpaired) electrons. The molecule has 0 spiro atoms. The number of aromatic nitrogens is 6. The first kappa shape index (κ1) is 71.6. The fourth-order valence-electron chi connectivity index (χ4n) is 20.1. The molecule has 23 aromatic rings. The van der Waals surface area contributed by atoms with E-state index in [1.807, 2.05) is 24.5 Å². The van der Waals surface area contributed by atoms with Gasteiger partial charge >= 0.3 is 0 Å². The number of benzene rings is 17. The molecule has 0 saturated carbocycles. The maximum Gasteiger partial charge on any atom is 0.0876 e. The second-order valence-electron chi connectivity index (χ2n) is 32.1. The van der Waals surface area contributed by atoms with Crippen LogP contribution in [-0.4, -0.2) is 28.2 Å². The van der Waals surface area contributed by atoms with Crippen LogP contribution >= 0.6 is 0 Å². The summed E-state index contributed by atoms with van der Waals surface area (Å²) in [5.74, 6) is 0. The second kappa shape index (κ2) is 29.8. The van der Waals surface area contributed by atoms with Crippen LogP contribution < -0.4 is 0 Å². The summed E-state index contributed by atoms with van der Waals surface area (Å²) < 4.78 is 9.63. The largest absolute Gasteiger partial charge is 0.309 e. The summed E-state index contributed by atoms with van der Waals surface area (Å²) in [6.45, 7) is 0. The maximum atomic E-state index is 4.91. The van der Waals surface area contributed by atoms with Crippen molar-refractivity contribution >= 4 is 54.5 Å². The third kappa shape index (κ3) is 11.6. The van der Waals surface area contributed by atoms with E-state index in [1.54, 1.807) is 0 Å². The molecule has 6 heterocycles. The number of hydrogen-bond acceptors (Lipinski definition) is 2. The highest BCUT2D eigenvalue weighted by molar-refractivity contribution is 6.21. The summed E-state index contributed by atoms with van der Waals surface area (Å²) in [5.41, 5.74) is 44.7. The third-order valence-corrected chi connectivity index (χ3v) is 25.3. The molecule has 0 atom stereocenters. The lowest BCUT2D eigenvalue weighted by atomic mass is 9.93. The summed E-state index contributed by atoms with van der Waals surface area (Å²) in [6.07, 6.45) is 3.77. The van der Waals surface area contributed by atoms with Crippen LogP contribution in [-0.2, 0) is 0 Å². The molecule has 0 fully saturated rings. The number of nitrogens with zero attached hydrogens (tertiary/aromatic N) is 6. The van der Waals surface area contributed by atoms with Crippen molar-refractivity contribution in [1.29, 1.82) is 0 Å². The molecule has 6 heteroatoms. The Labute approximate surface area is 718 Å². The SMILES string of the molecule is c1ccc(-c2c3c4c(cccc4n2-c2ccc(-c4ccc(-n5c6ccccc6c6ccccc65)cc4)cc2)-c2ccccc2-c2ccccc2-3)cc1.c1ccc(-c2cccc(-n3c(-c4ccccn4)c4c5c(cccc53)-c3ccccc3-c3ccccc3-4)c2)cc1.c1ccc(-n2c(-c3ccccn3)c3c4c(cccc42)-c2ccccc2-c2ccccc2-3)cc1. The van der Waals surface area contributed by atoms with Gasteiger partial charge in [-0.2, -0.15) is 0 Å². The standard InChI is InChI=1S/C50H32N2.C37H24N2.C31H20N2/c1-2-13-35(14-3-1)50-49-44-20-7-6-17-40(44)38-15-4-5-16-39(38)43-21-12-24-47(48(43)49)52(50)37-31-27-34(28-32-37)33-25-29-36(30-26-33)51-45-22-10-8-18-41(45)42-19-9-11-23-46(42)51;1-2-12-25(13-3-1)26-14-10-15-27(24-26)39-34-22-11-20-31-29-17-5-4-16-28(29)30-18-6-7-19-32(30)36(35(31)34)37(39)33-21-8-9-23-38-33;1-2-11-21(12-3-1)33-28-19-10-17-25-23-14-5-4-13-22(23)24-15-6-7-16-26(24)30(29(25)28)31(33)27-18-8-9-20-32-27/h1-32H;1-24H;1-20H. The molecule has 0 N–H and O–H groups in total. The van der Waals surface area contributed by atoms with Gasteiger partial charge in [0.15, 0.2) is 0 Å². The Bertz CT molecular complexity index is 8060. The van der Waals surface area contributed by atoms with Crippen molar-refractivity contribution < 1.29 is 0 Å². The minimum absolute atomic E-state index is 0.959. The quantitative estimate of drug-likeness (QED) is 0.145. The molecule has 0 unspecified atom stereocenters. The van der Waals surface area contributed by atoms with Gasteiger partial charge in [0.05, 0.1) is 56.1 Å². The zero-order valence-electron chi connectivity index (χ0n) is 67.6. The van der Waals surface area contributed by atoms with Gasteiger partial charge in [-0.3, -0.25) is 9.97 Å². The summed E-state index contributed by atoms with van der Waals surface area (Å²) in [7, 11) is 0. The van der Waals surface area contributed by atoms with Crippen LogP contribution in [0.1, 0.15) is 0 Å². The van der Waals surface area contributed by atoms with Crippen LogP contribution in [0.15, 0.2) is 461 Å². The molecule has 0 aliphatic heterocycles. The Balaban J connectivity index is 0.000000108. The number of pyridine rings is 2. The van der Waals surface area contributed by atoms with Crippen molar-refractivity contribution in [3.8, 4) is 179 Å². The van der Waals surface area contributed by atoms with E-state index < -0.39 is 0 Å². The molecule has 3 aliphatic carbocycles. The van der Waals surface area contributed by atoms with E-state index in [4.69, 9.17) is 9.97 Å². The molecule has 0 bridgehead atoms. The minimum atomic E-state index is 0.959. The Hall–Kier alpha value is -16.5. The Morgan fingerprint density at radius 3 is 0.831 bits per heavy atom. The average molecular weight is 1580 g/mol. The first-order valence-electron chi connectivity index (χ1n) is 42.5. The molecule has 578 valence electrons. The van der Waals surface area contributed by atoms with Gasteiger partial charge in [0, 0.05) is 78.8 Å². The van der Waals surface area contributed by atoms with Gasteiger partial charge in [-0.15, -0.1) is 0 Å². The molecule has 17 aromatic carbocycles. The molecule has 26 rings (SSSR count). The van der Waals surface area contributed by atoms with Gasteiger partial charge < -0.3 is 18.3 Å². The molecule has 6 aromatic heterocycles. The Morgan fingerprint density at radius 1 is 0.153 bits per heavy atom. The van der Waals surface area contributed by atoms with E-state index in [-0.39, 0.29) is 0 Å². The summed E-state index contributed by atoms with van der Waals surface area (Å²) in [6, 6.07) is 162. The van der Waals surface area contributed by atoms with Gasteiger partial charge in [-0.05, 0) is 214 Å². The van der Waals surface area contributed by atoms with E-state index in [9.17, 15) is 0 Å². The highest BCUT2D eigenvalue weighted by Gasteiger charge is 2.34. The lowest BCUT2D eigenvalue weighted by molar-refractivity contribution is 1.12. The molecule has 124 heavy (non-hydrogen) atoms. The average Bonchev–Trinajstić information content (AvgIpc) is 1.56. The van der Waals surface area contributed by atoms with Gasteiger partial charge in [0.25, 0.3) is 0 Å². The van der Waals surface area contributed by atoms with Crippen LogP contribution in [0, 0.1) is 0 Å². The first-order chi connectivity index (χ1) is 61.6. The van der Waals surface area contributed by atoms with Crippen LogP contribution in [0.3, 0.4) is 0 Å². The lowest BCUT2D eigenvalue weighted by Gasteiger charge is -2.16. The number of rotatable bonds is 9. The van der Waals surface area contributed by atoms with E-state index in [1.165, 1.54) is 188 Å². The smallest absolute Gasteiger partial charge is 0.0876 e. The topological polar surface area (TPSA) is 45.5 Å². The number of fused-ring (bicyclic) bond motifs is 18. The molecule has 0 amide bonds. The van der Waals surface area contributed by atoms with E-state index in [0.717, 1.165) is 45.5 Å². The van der Waals surface area contributed by atoms with Gasteiger partial charge in [-0.1, -0.05) is 346 Å². The van der Waals surface area contributed by atoms with Gasteiger partial charge in [0.2, 0.25) is 0 Å². The highest BCUT2D eigenvalue weighted by Crippen LogP contribution is 2.57. The predicted molar refractivity (Wildman–Crippen MR) is 517 cm³/mol. The predicted octanol–water partition coefficient (Wildman–Crippen LogP) is 31.1. The van der Waals surface area contributed by atoms with Gasteiger partial charge in [-0.25, -0.2) is 0 Å². The number of hydrogen-bond donors (Lipinski definition) is 0. The second-order valence-corrected chi connectivity index (χ2v) is 32.1. The monoisotopic (exact) mass is 1580 g/mol. The summed E-state index contributed by atoms with van der Waals surface area (Å²) in [4.78, 5) is 9.73. The zero-order chi connectivity index (χ0) is 81.7. The molecular weight excluding hydrogens is 1500 g/mol. The fraction of sp³-hybridized carbons (Fsp3) is 0. The fourth-order valence-corrected chi connectivity index (χ4v) is 20.1. The van der Waals surface area contributed by atoms with Crippen molar-refractivity contribution in [2.24, 2.45) is 0 Å². The highest BCUT2D eigenvalue weighted by atomic mass is 15.0.